The standard InChI is InChI=1S/C27H31ClN8O5S/c1-16-10-18(16)13-36(14-20(37)25-32-30-15-40-25)21-11-19(22(28)23(31-21)35(3)42(4,38)39)24-33-34-26(41-24)27(2,29)12-17-8-6-5-7-9-17/h5-9,11,15-16,18H,10,12-14,29H2,1-4H3/t16?,18?,27-/m0/s1. The molecule has 0 spiro atoms. The Labute approximate surface area is 248 Å². The number of benzene rings is 1. The van der Waals surface area contributed by atoms with Crippen LogP contribution < -0.4 is 14.9 Å². The molecule has 1 fully saturated rings. The summed E-state index contributed by atoms with van der Waals surface area (Å²) < 4.78 is 37.2. The molecule has 5 rings (SSSR count). The zero-order valence-corrected chi connectivity index (χ0v) is 25.1. The first kappa shape index (κ1) is 29.6. The van der Waals surface area contributed by atoms with Crippen molar-refractivity contribution in [1.29, 1.82) is 0 Å². The second-order valence-corrected chi connectivity index (χ2v) is 13.3. The van der Waals surface area contributed by atoms with E-state index in [1.807, 2.05) is 30.3 Å². The molecule has 0 radical (unpaired) electrons. The van der Waals surface area contributed by atoms with E-state index in [-0.39, 0.29) is 46.4 Å². The Morgan fingerprint density at radius 3 is 2.55 bits per heavy atom. The Hall–Kier alpha value is -3.88. The number of Topliss-reactive ketones (excluding diaryl/α,β-unsaturated/α-hetero) is 1. The summed E-state index contributed by atoms with van der Waals surface area (Å²) in [5, 5.41) is 15.7. The van der Waals surface area contributed by atoms with Crippen LogP contribution in [0.2, 0.25) is 5.02 Å². The van der Waals surface area contributed by atoms with Crippen LogP contribution in [0.1, 0.15) is 42.4 Å². The Morgan fingerprint density at radius 2 is 1.93 bits per heavy atom. The molecule has 0 amide bonds. The molecule has 0 saturated heterocycles. The lowest BCUT2D eigenvalue weighted by atomic mass is 9.94. The SMILES string of the molecule is CC1CC1CN(CC(=O)c1nnco1)c1cc(-c2nnc([C@@](C)(N)Cc3ccccc3)o2)c(Cl)c(N(C)S(C)(=O)=O)n1. The lowest BCUT2D eigenvalue weighted by Crippen LogP contribution is -2.35. The largest absolute Gasteiger partial charge is 0.421 e. The number of carbonyl (C=O) groups is 1. The summed E-state index contributed by atoms with van der Waals surface area (Å²) in [5.41, 5.74) is 6.81. The molecule has 1 aliphatic rings. The Bertz CT molecular complexity index is 1680. The third kappa shape index (κ3) is 6.45. The number of anilines is 2. The van der Waals surface area contributed by atoms with Crippen molar-refractivity contribution in [2.45, 2.75) is 32.2 Å². The highest BCUT2D eigenvalue weighted by molar-refractivity contribution is 7.92. The molecule has 3 aromatic heterocycles. The fraction of sp³-hybridized carbons (Fsp3) is 0.407. The maximum absolute atomic E-state index is 13.0. The molecule has 3 heterocycles. The van der Waals surface area contributed by atoms with Crippen molar-refractivity contribution in [2.75, 3.05) is 35.6 Å². The molecule has 1 aliphatic carbocycles. The Kier molecular flexibility index (Phi) is 8.05. The highest BCUT2D eigenvalue weighted by Gasteiger charge is 2.36. The van der Waals surface area contributed by atoms with Gasteiger partial charge in [0.1, 0.15) is 5.82 Å². The van der Waals surface area contributed by atoms with E-state index in [2.05, 4.69) is 32.3 Å². The number of hydrogen-bond donors (Lipinski definition) is 1. The Morgan fingerprint density at radius 1 is 1.21 bits per heavy atom. The molecular formula is C27H31ClN8O5S. The van der Waals surface area contributed by atoms with Crippen LogP contribution in [-0.2, 0) is 22.0 Å². The molecule has 42 heavy (non-hydrogen) atoms. The minimum absolute atomic E-state index is 0.0216. The maximum atomic E-state index is 13.0. The highest BCUT2D eigenvalue weighted by Crippen LogP contribution is 2.41. The Balaban J connectivity index is 1.57. The summed E-state index contributed by atoms with van der Waals surface area (Å²) in [6.07, 6.45) is 3.52. The number of ketones is 1. The normalized spacial score (nSPS) is 18.0. The van der Waals surface area contributed by atoms with E-state index in [1.54, 1.807) is 17.9 Å². The summed E-state index contributed by atoms with van der Waals surface area (Å²) in [6.45, 7) is 4.23. The third-order valence-corrected chi connectivity index (χ3v) is 8.81. The van der Waals surface area contributed by atoms with Gasteiger partial charge < -0.3 is 19.5 Å². The number of aromatic nitrogens is 5. The van der Waals surface area contributed by atoms with Gasteiger partial charge in [0.05, 0.1) is 28.9 Å². The van der Waals surface area contributed by atoms with E-state index >= 15 is 0 Å². The predicted molar refractivity (Wildman–Crippen MR) is 156 cm³/mol. The molecular weight excluding hydrogens is 584 g/mol. The van der Waals surface area contributed by atoms with Crippen molar-refractivity contribution in [2.24, 2.45) is 17.6 Å². The van der Waals surface area contributed by atoms with E-state index < -0.39 is 21.3 Å². The van der Waals surface area contributed by atoms with Gasteiger partial charge >= 0.3 is 0 Å². The van der Waals surface area contributed by atoms with Crippen molar-refractivity contribution in [1.82, 2.24) is 25.4 Å². The van der Waals surface area contributed by atoms with Crippen LogP contribution in [0.15, 0.2) is 51.6 Å². The van der Waals surface area contributed by atoms with Crippen molar-refractivity contribution >= 4 is 39.0 Å². The van der Waals surface area contributed by atoms with Crippen LogP contribution >= 0.6 is 11.6 Å². The summed E-state index contributed by atoms with van der Waals surface area (Å²) in [4.78, 5) is 19.3. The summed E-state index contributed by atoms with van der Waals surface area (Å²) in [7, 11) is -2.43. The summed E-state index contributed by atoms with van der Waals surface area (Å²) >= 11 is 6.76. The number of nitrogens with two attached hydrogens (primary N) is 1. The highest BCUT2D eigenvalue weighted by atomic mass is 35.5. The van der Waals surface area contributed by atoms with Gasteiger partial charge in [0.15, 0.2) is 5.82 Å². The van der Waals surface area contributed by atoms with Crippen LogP contribution in [0.25, 0.3) is 11.5 Å². The number of halogens is 1. The van der Waals surface area contributed by atoms with Crippen LogP contribution in [0.3, 0.4) is 0 Å². The monoisotopic (exact) mass is 614 g/mol. The number of rotatable bonds is 12. The van der Waals surface area contributed by atoms with Gasteiger partial charge in [-0.05, 0) is 43.2 Å². The molecule has 15 heteroatoms. The van der Waals surface area contributed by atoms with E-state index in [9.17, 15) is 13.2 Å². The van der Waals surface area contributed by atoms with Crippen LogP contribution in [-0.4, -0.2) is 66.0 Å². The second-order valence-electron chi connectivity index (χ2n) is 10.9. The molecule has 222 valence electrons. The quantitative estimate of drug-likeness (QED) is 0.231. The van der Waals surface area contributed by atoms with E-state index in [0.29, 0.717) is 24.8 Å². The van der Waals surface area contributed by atoms with Gasteiger partial charge in [-0.15, -0.1) is 20.4 Å². The zero-order valence-electron chi connectivity index (χ0n) is 23.6. The zero-order chi connectivity index (χ0) is 30.2. The maximum Gasteiger partial charge on any atom is 0.285 e. The molecule has 2 N–H and O–H groups in total. The molecule has 0 aliphatic heterocycles. The van der Waals surface area contributed by atoms with Gasteiger partial charge in [0.2, 0.25) is 34.0 Å². The van der Waals surface area contributed by atoms with E-state index in [1.165, 1.54) is 7.05 Å². The van der Waals surface area contributed by atoms with Gasteiger partial charge in [-0.2, -0.15) is 0 Å². The number of pyridine rings is 1. The minimum atomic E-state index is -3.77. The van der Waals surface area contributed by atoms with Gasteiger partial charge in [-0.25, -0.2) is 13.4 Å². The minimum Gasteiger partial charge on any atom is -0.421 e. The average Bonchev–Trinajstić information content (AvgIpc) is 3.35. The summed E-state index contributed by atoms with van der Waals surface area (Å²) in [6, 6.07) is 11.2. The molecule has 13 nitrogen and oxygen atoms in total. The first-order valence-corrected chi connectivity index (χ1v) is 15.4. The van der Waals surface area contributed by atoms with Gasteiger partial charge in [0, 0.05) is 13.6 Å². The van der Waals surface area contributed by atoms with Crippen molar-refractivity contribution in [3.8, 4) is 11.5 Å². The lowest BCUT2D eigenvalue weighted by molar-refractivity contribution is 0.0965. The molecule has 4 aromatic rings. The number of sulfonamides is 1. The topological polar surface area (TPSA) is 174 Å². The first-order valence-electron chi connectivity index (χ1n) is 13.2. The molecule has 0 bridgehead atoms. The van der Waals surface area contributed by atoms with E-state index in [0.717, 1.165) is 28.9 Å². The molecule has 1 aromatic carbocycles. The smallest absolute Gasteiger partial charge is 0.285 e. The average molecular weight is 615 g/mol. The fourth-order valence-electron chi connectivity index (χ4n) is 4.56. The summed E-state index contributed by atoms with van der Waals surface area (Å²) in [5.74, 6) is 0.616. The van der Waals surface area contributed by atoms with Crippen molar-refractivity contribution in [3.63, 3.8) is 0 Å². The predicted octanol–water partition coefficient (Wildman–Crippen LogP) is 3.33. The first-order chi connectivity index (χ1) is 19.8. The van der Waals surface area contributed by atoms with Gasteiger partial charge in [-0.3, -0.25) is 9.10 Å². The van der Waals surface area contributed by atoms with Crippen molar-refractivity contribution in [3.05, 3.63) is 65.2 Å². The van der Waals surface area contributed by atoms with Crippen LogP contribution in [0, 0.1) is 11.8 Å². The number of hydrogen-bond acceptors (Lipinski definition) is 12. The molecule has 3 atom stereocenters. The number of nitrogens with zero attached hydrogens (tertiary/aromatic N) is 7. The second kappa shape index (κ2) is 11.4. The van der Waals surface area contributed by atoms with Gasteiger partial charge in [-0.1, -0.05) is 48.9 Å². The lowest BCUT2D eigenvalue weighted by Gasteiger charge is -2.26. The van der Waals surface area contributed by atoms with Crippen LogP contribution in [0.4, 0.5) is 11.6 Å². The number of carbonyl (C=O) groups excluding carboxylic acids is 1. The van der Waals surface area contributed by atoms with Crippen LogP contribution in [0.5, 0.6) is 0 Å². The van der Waals surface area contributed by atoms with E-state index in [4.69, 9.17) is 26.2 Å². The third-order valence-electron chi connectivity index (χ3n) is 7.27. The molecule has 1 saturated carbocycles. The fourth-order valence-corrected chi connectivity index (χ4v) is 5.36. The molecule has 2 unspecified atom stereocenters. The van der Waals surface area contributed by atoms with Gasteiger partial charge in [0.25, 0.3) is 5.89 Å². The van der Waals surface area contributed by atoms with Crippen molar-refractivity contribution < 1.29 is 22.0 Å².